The molecule has 2 rings (SSSR count). The number of hydrogen-bond acceptors (Lipinski definition) is 4. The SMILES string of the molecule is CC(C)Sc1ccc(C(=O)NCCCN2CCCC2C(N)=O)cc1. The number of carbonyl (C=O) groups excluding carboxylic acids is 2. The molecule has 3 N–H and O–H groups in total. The Kier molecular flexibility index (Phi) is 7.12. The van der Waals surface area contributed by atoms with E-state index in [4.69, 9.17) is 5.73 Å². The number of amides is 2. The molecule has 24 heavy (non-hydrogen) atoms. The molecule has 2 amide bonds. The van der Waals surface area contributed by atoms with Gasteiger partial charge in [0.15, 0.2) is 0 Å². The van der Waals surface area contributed by atoms with Crippen molar-refractivity contribution in [2.45, 2.75) is 49.3 Å². The molecule has 1 heterocycles. The third-order valence-corrected chi connectivity index (χ3v) is 5.10. The van der Waals surface area contributed by atoms with Crippen LogP contribution in [0.25, 0.3) is 0 Å². The van der Waals surface area contributed by atoms with E-state index in [0.29, 0.717) is 17.4 Å². The Morgan fingerprint density at radius 1 is 1.33 bits per heavy atom. The van der Waals surface area contributed by atoms with Crippen molar-refractivity contribution in [2.75, 3.05) is 19.6 Å². The number of nitrogens with one attached hydrogen (secondary N) is 1. The van der Waals surface area contributed by atoms with Gasteiger partial charge in [0.2, 0.25) is 5.91 Å². The minimum atomic E-state index is -0.240. The molecule has 132 valence electrons. The Hall–Kier alpha value is -1.53. The van der Waals surface area contributed by atoms with Crippen LogP contribution in [0.1, 0.15) is 43.5 Å². The third-order valence-electron chi connectivity index (χ3n) is 4.09. The lowest BCUT2D eigenvalue weighted by Gasteiger charge is -2.21. The van der Waals surface area contributed by atoms with Crippen LogP contribution in [0, 0.1) is 0 Å². The van der Waals surface area contributed by atoms with E-state index in [-0.39, 0.29) is 17.9 Å². The quantitative estimate of drug-likeness (QED) is 0.558. The Bertz CT molecular complexity index is 560. The summed E-state index contributed by atoms with van der Waals surface area (Å²) in [5.41, 5.74) is 6.09. The molecule has 0 aromatic heterocycles. The first kappa shape index (κ1) is 18.8. The molecule has 1 aliphatic heterocycles. The molecule has 6 heteroatoms. The maximum Gasteiger partial charge on any atom is 0.251 e. The van der Waals surface area contributed by atoms with Crippen molar-refractivity contribution in [2.24, 2.45) is 5.73 Å². The van der Waals surface area contributed by atoms with Gasteiger partial charge in [-0.25, -0.2) is 0 Å². The molecule has 0 saturated carbocycles. The fourth-order valence-electron chi connectivity index (χ4n) is 2.96. The van der Waals surface area contributed by atoms with Crippen LogP contribution in [-0.2, 0) is 4.79 Å². The minimum Gasteiger partial charge on any atom is -0.368 e. The molecule has 1 aliphatic rings. The summed E-state index contributed by atoms with van der Waals surface area (Å²) < 4.78 is 0. The first-order valence-corrected chi connectivity index (χ1v) is 9.43. The predicted molar refractivity (Wildman–Crippen MR) is 98.2 cm³/mol. The number of likely N-dealkylation sites (tertiary alicyclic amines) is 1. The van der Waals surface area contributed by atoms with Crippen molar-refractivity contribution in [3.05, 3.63) is 29.8 Å². The summed E-state index contributed by atoms with van der Waals surface area (Å²) >= 11 is 1.78. The number of hydrogen-bond donors (Lipinski definition) is 2. The summed E-state index contributed by atoms with van der Waals surface area (Å²) in [7, 11) is 0. The van der Waals surface area contributed by atoms with E-state index in [9.17, 15) is 9.59 Å². The van der Waals surface area contributed by atoms with Gasteiger partial charge in [0, 0.05) is 28.8 Å². The van der Waals surface area contributed by atoms with E-state index in [1.807, 2.05) is 24.3 Å². The Balaban J connectivity index is 1.72. The van der Waals surface area contributed by atoms with Gasteiger partial charge in [0.1, 0.15) is 0 Å². The van der Waals surface area contributed by atoms with Gasteiger partial charge in [-0.2, -0.15) is 0 Å². The standard InChI is InChI=1S/C18H27N3O2S/c1-13(2)24-15-8-6-14(7-9-15)18(23)20-10-4-12-21-11-3-5-16(21)17(19)22/h6-9,13,16H,3-5,10-12H2,1-2H3,(H2,19,22)(H,20,23). The molecule has 1 atom stereocenters. The molecule has 1 saturated heterocycles. The molecule has 1 aromatic carbocycles. The molecular weight excluding hydrogens is 322 g/mol. The summed E-state index contributed by atoms with van der Waals surface area (Å²) in [5.74, 6) is -0.292. The van der Waals surface area contributed by atoms with E-state index < -0.39 is 0 Å². The maximum atomic E-state index is 12.1. The molecule has 5 nitrogen and oxygen atoms in total. The number of rotatable bonds is 8. The van der Waals surface area contributed by atoms with Crippen molar-refractivity contribution in [1.82, 2.24) is 10.2 Å². The first-order chi connectivity index (χ1) is 11.5. The van der Waals surface area contributed by atoms with Crippen molar-refractivity contribution >= 4 is 23.6 Å². The van der Waals surface area contributed by atoms with Gasteiger partial charge < -0.3 is 11.1 Å². The van der Waals surface area contributed by atoms with Crippen LogP contribution in [0.3, 0.4) is 0 Å². The van der Waals surface area contributed by atoms with E-state index >= 15 is 0 Å². The van der Waals surface area contributed by atoms with Gasteiger partial charge in [0.05, 0.1) is 6.04 Å². The second-order valence-corrected chi connectivity index (χ2v) is 8.05. The molecule has 1 fully saturated rings. The zero-order chi connectivity index (χ0) is 17.5. The van der Waals surface area contributed by atoms with Gasteiger partial charge in [-0.3, -0.25) is 14.5 Å². The maximum absolute atomic E-state index is 12.1. The number of nitrogens with two attached hydrogens (primary N) is 1. The van der Waals surface area contributed by atoms with Crippen molar-refractivity contribution < 1.29 is 9.59 Å². The summed E-state index contributed by atoms with van der Waals surface area (Å²) in [4.78, 5) is 26.8. The highest BCUT2D eigenvalue weighted by Crippen LogP contribution is 2.22. The minimum absolute atomic E-state index is 0.0519. The molecule has 0 bridgehead atoms. The van der Waals surface area contributed by atoms with Crippen LogP contribution in [0.15, 0.2) is 29.2 Å². The van der Waals surface area contributed by atoms with Crippen LogP contribution in [-0.4, -0.2) is 47.6 Å². The van der Waals surface area contributed by atoms with Gasteiger partial charge >= 0.3 is 0 Å². The zero-order valence-corrected chi connectivity index (χ0v) is 15.3. The molecule has 1 unspecified atom stereocenters. The summed E-state index contributed by atoms with van der Waals surface area (Å²) in [6.07, 6.45) is 2.68. The highest BCUT2D eigenvalue weighted by atomic mass is 32.2. The fourth-order valence-corrected chi connectivity index (χ4v) is 3.80. The van der Waals surface area contributed by atoms with Gasteiger partial charge in [-0.1, -0.05) is 13.8 Å². The van der Waals surface area contributed by atoms with E-state index in [0.717, 1.165) is 32.4 Å². The summed E-state index contributed by atoms with van der Waals surface area (Å²) in [5, 5.41) is 3.47. The molecule has 1 aromatic rings. The lowest BCUT2D eigenvalue weighted by atomic mass is 10.2. The number of carbonyl (C=O) groups is 2. The first-order valence-electron chi connectivity index (χ1n) is 8.55. The van der Waals surface area contributed by atoms with Crippen molar-refractivity contribution in [3.8, 4) is 0 Å². The summed E-state index contributed by atoms with van der Waals surface area (Å²) in [6.45, 7) is 6.60. The lowest BCUT2D eigenvalue weighted by molar-refractivity contribution is -0.122. The van der Waals surface area contributed by atoms with E-state index in [1.165, 1.54) is 4.90 Å². The van der Waals surface area contributed by atoms with Gasteiger partial charge in [0.25, 0.3) is 5.91 Å². The molecule has 0 aliphatic carbocycles. The normalized spacial score (nSPS) is 18.0. The van der Waals surface area contributed by atoms with Crippen molar-refractivity contribution in [1.29, 1.82) is 0 Å². The summed E-state index contributed by atoms with van der Waals surface area (Å²) in [6, 6.07) is 7.57. The number of benzene rings is 1. The highest BCUT2D eigenvalue weighted by molar-refractivity contribution is 7.99. The Morgan fingerprint density at radius 2 is 2.04 bits per heavy atom. The molecule has 0 radical (unpaired) electrons. The van der Waals surface area contributed by atoms with Crippen LogP contribution in [0.5, 0.6) is 0 Å². The van der Waals surface area contributed by atoms with Crippen LogP contribution >= 0.6 is 11.8 Å². The monoisotopic (exact) mass is 349 g/mol. The van der Waals surface area contributed by atoms with Crippen molar-refractivity contribution in [3.63, 3.8) is 0 Å². The predicted octanol–water partition coefficient (Wildman–Crippen LogP) is 2.26. The number of nitrogens with zero attached hydrogens (tertiary/aromatic N) is 1. The largest absolute Gasteiger partial charge is 0.368 e. The average Bonchev–Trinajstić information content (AvgIpc) is 3.00. The Morgan fingerprint density at radius 3 is 2.67 bits per heavy atom. The second kappa shape index (κ2) is 9.08. The topological polar surface area (TPSA) is 75.4 Å². The Labute approximate surface area is 148 Å². The number of thioether (sulfide) groups is 1. The zero-order valence-electron chi connectivity index (χ0n) is 14.5. The van der Waals surface area contributed by atoms with Gasteiger partial charge in [-0.15, -0.1) is 11.8 Å². The van der Waals surface area contributed by atoms with Gasteiger partial charge in [-0.05, 0) is 50.1 Å². The lowest BCUT2D eigenvalue weighted by Crippen LogP contribution is -2.41. The van der Waals surface area contributed by atoms with Crippen LogP contribution in [0.2, 0.25) is 0 Å². The highest BCUT2D eigenvalue weighted by Gasteiger charge is 2.28. The van der Waals surface area contributed by atoms with E-state index in [2.05, 4.69) is 24.1 Å². The van der Waals surface area contributed by atoms with Crippen LogP contribution in [0.4, 0.5) is 0 Å². The van der Waals surface area contributed by atoms with E-state index in [1.54, 1.807) is 11.8 Å². The second-order valence-electron chi connectivity index (χ2n) is 6.40. The average molecular weight is 350 g/mol. The number of primary amides is 1. The fraction of sp³-hybridized carbons (Fsp3) is 0.556. The molecular formula is C18H27N3O2S. The van der Waals surface area contributed by atoms with Crippen LogP contribution < -0.4 is 11.1 Å². The molecule has 0 spiro atoms. The smallest absolute Gasteiger partial charge is 0.251 e. The third kappa shape index (κ3) is 5.53.